The first kappa shape index (κ1) is 20.0. The Bertz CT molecular complexity index is 824. The summed E-state index contributed by atoms with van der Waals surface area (Å²) in [5.74, 6) is 1.24. The van der Waals surface area contributed by atoms with Gasteiger partial charge in [0, 0.05) is 18.0 Å². The van der Waals surface area contributed by atoms with Gasteiger partial charge < -0.3 is 10.0 Å². The molecule has 1 fully saturated rings. The fraction of sp³-hybridized carbons (Fsp3) is 0.417. The van der Waals surface area contributed by atoms with E-state index in [0.29, 0.717) is 11.8 Å². The Balaban J connectivity index is 0.00000210. The predicted molar refractivity (Wildman–Crippen MR) is 116 cm³/mol. The molecule has 27 heavy (non-hydrogen) atoms. The van der Waals surface area contributed by atoms with E-state index in [4.69, 9.17) is 0 Å². The van der Waals surface area contributed by atoms with Crippen LogP contribution in [0.2, 0.25) is 0 Å². The van der Waals surface area contributed by atoms with Gasteiger partial charge in [-0.3, -0.25) is 0 Å². The smallest absolute Gasteiger partial charge is 0.116 e. The third kappa shape index (κ3) is 4.07. The first-order valence-corrected chi connectivity index (χ1v) is 9.75. The van der Waals surface area contributed by atoms with Gasteiger partial charge in [-0.05, 0) is 66.6 Å². The van der Waals surface area contributed by atoms with Gasteiger partial charge in [-0.1, -0.05) is 56.3 Å². The molecule has 0 aliphatic heterocycles. The van der Waals surface area contributed by atoms with Gasteiger partial charge in [0.15, 0.2) is 0 Å². The number of hydrogen-bond acceptors (Lipinski definition) is 2. The molecule has 2 aliphatic carbocycles. The van der Waals surface area contributed by atoms with Crippen LogP contribution >= 0.6 is 12.4 Å². The van der Waals surface area contributed by atoms with Crippen molar-refractivity contribution in [2.24, 2.45) is 11.3 Å². The molecule has 144 valence electrons. The van der Waals surface area contributed by atoms with E-state index in [1.165, 1.54) is 41.6 Å². The van der Waals surface area contributed by atoms with Gasteiger partial charge in [-0.15, -0.1) is 12.4 Å². The van der Waals surface area contributed by atoms with Crippen LogP contribution in [-0.4, -0.2) is 29.6 Å². The predicted octanol–water partition coefficient (Wildman–Crippen LogP) is 5.65. The van der Waals surface area contributed by atoms with E-state index < -0.39 is 0 Å². The summed E-state index contributed by atoms with van der Waals surface area (Å²) in [6.07, 6.45) is 6.12. The van der Waals surface area contributed by atoms with E-state index in [9.17, 15) is 5.11 Å². The number of benzene rings is 2. The van der Waals surface area contributed by atoms with Crippen LogP contribution in [0.25, 0.3) is 11.6 Å². The lowest BCUT2D eigenvalue weighted by molar-refractivity contribution is 0.142. The summed E-state index contributed by atoms with van der Waals surface area (Å²) < 4.78 is 0. The van der Waals surface area contributed by atoms with Crippen molar-refractivity contribution in [2.45, 2.75) is 39.2 Å². The molecule has 2 aliphatic rings. The number of phenolic OH excluding ortho intramolecular Hbond substituents is 1. The number of fused-ring (bicyclic) bond motifs is 1. The molecule has 4 rings (SSSR count). The molecule has 0 radical (unpaired) electrons. The summed E-state index contributed by atoms with van der Waals surface area (Å²) in [6, 6.07) is 16.9. The molecule has 1 saturated carbocycles. The number of likely N-dealkylation sites (N-methyl/N-ethyl adjacent to an activating group) is 1. The normalized spacial score (nSPS) is 22.4. The second-order valence-electron chi connectivity index (χ2n) is 8.63. The lowest BCUT2D eigenvalue weighted by Crippen LogP contribution is -2.48. The Hall–Kier alpha value is -1.77. The third-order valence-corrected chi connectivity index (χ3v) is 6.21. The highest BCUT2D eigenvalue weighted by atomic mass is 35.5. The fourth-order valence-corrected chi connectivity index (χ4v) is 4.50. The zero-order valence-electron chi connectivity index (χ0n) is 16.5. The van der Waals surface area contributed by atoms with Crippen molar-refractivity contribution in [1.29, 1.82) is 0 Å². The number of phenols is 1. The van der Waals surface area contributed by atoms with E-state index in [1.54, 1.807) is 0 Å². The highest BCUT2D eigenvalue weighted by Gasteiger charge is 2.42. The minimum Gasteiger partial charge on any atom is -0.508 e. The summed E-state index contributed by atoms with van der Waals surface area (Å²) in [6.45, 7) is 5.92. The monoisotopic (exact) mass is 383 g/mol. The molecule has 0 saturated heterocycles. The molecule has 0 heterocycles. The van der Waals surface area contributed by atoms with Crippen molar-refractivity contribution in [3.8, 4) is 5.75 Å². The standard InChI is InChI=1S/C24H29NO.ClH/c1-24(2)22(13-17-7-5-4-6-8-17)21-15-20(26)12-11-19(21)14-23(24)25(3)16-18-9-10-18;/h4-8,11-13,15,18,23,26H,9-10,14,16H2,1-3H3;1H. The second kappa shape index (κ2) is 7.69. The molecular weight excluding hydrogens is 354 g/mol. The van der Waals surface area contributed by atoms with Gasteiger partial charge in [0.1, 0.15) is 5.75 Å². The topological polar surface area (TPSA) is 23.5 Å². The molecule has 1 atom stereocenters. The van der Waals surface area contributed by atoms with Crippen LogP contribution < -0.4 is 0 Å². The Kier molecular flexibility index (Phi) is 5.69. The molecule has 0 bridgehead atoms. The molecule has 0 spiro atoms. The van der Waals surface area contributed by atoms with Gasteiger partial charge in [-0.2, -0.15) is 0 Å². The molecule has 0 amide bonds. The summed E-state index contributed by atoms with van der Waals surface area (Å²) in [5, 5.41) is 10.1. The first-order valence-electron chi connectivity index (χ1n) is 9.75. The molecule has 2 aromatic rings. The van der Waals surface area contributed by atoms with E-state index in [0.717, 1.165) is 12.3 Å². The van der Waals surface area contributed by atoms with Gasteiger partial charge in [0.25, 0.3) is 0 Å². The van der Waals surface area contributed by atoms with Crippen LogP contribution in [0.3, 0.4) is 0 Å². The average molecular weight is 384 g/mol. The number of hydrogen-bond donors (Lipinski definition) is 1. The van der Waals surface area contributed by atoms with E-state index in [1.807, 2.05) is 12.1 Å². The van der Waals surface area contributed by atoms with E-state index >= 15 is 0 Å². The van der Waals surface area contributed by atoms with Crippen LogP contribution in [0.15, 0.2) is 48.5 Å². The second-order valence-corrected chi connectivity index (χ2v) is 8.63. The van der Waals surface area contributed by atoms with Gasteiger partial charge in [0.05, 0.1) is 0 Å². The van der Waals surface area contributed by atoms with E-state index in [2.05, 4.69) is 68.3 Å². The van der Waals surface area contributed by atoms with Crippen molar-refractivity contribution in [3.05, 3.63) is 65.2 Å². The number of nitrogens with zero attached hydrogens (tertiary/aromatic N) is 1. The van der Waals surface area contributed by atoms with Crippen LogP contribution in [0.4, 0.5) is 0 Å². The van der Waals surface area contributed by atoms with Crippen molar-refractivity contribution < 1.29 is 5.11 Å². The minimum atomic E-state index is 0. The van der Waals surface area contributed by atoms with Crippen molar-refractivity contribution >= 4 is 24.1 Å². The lowest BCUT2D eigenvalue weighted by Gasteiger charge is -2.46. The van der Waals surface area contributed by atoms with Crippen molar-refractivity contribution in [2.75, 3.05) is 13.6 Å². The first-order chi connectivity index (χ1) is 12.4. The van der Waals surface area contributed by atoms with Crippen LogP contribution in [0.1, 0.15) is 43.4 Å². The molecule has 1 N–H and O–H groups in total. The SMILES string of the molecule is CN(CC1CC1)C1Cc2ccc(O)cc2C(=Cc2ccccc2)C1(C)C.Cl. The summed E-state index contributed by atoms with van der Waals surface area (Å²) in [4.78, 5) is 2.58. The molecule has 2 aromatic carbocycles. The maximum Gasteiger partial charge on any atom is 0.116 e. The van der Waals surface area contributed by atoms with Crippen LogP contribution in [0.5, 0.6) is 5.75 Å². The Labute approximate surface area is 169 Å². The Morgan fingerprint density at radius 1 is 1.11 bits per heavy atom. The van der Waals surface area contributed by atoms with E-state index in [-0.39, 0.29) is 17.8 Å². The lowest BCUT2D eigenvalue weighted by atomic mass is 9.66. The number of aromatic hydroxyl groups is 1. The summed E-state index contributed by atoms with van der Waals surface area (Å²) in [7, 11) is 2.29. The average Bonchev–Trinajstić information content (AvgIpc) is 3.42. The summed E-state index contributed by atoms with van der Waals surface area (Å²) in [5.41, 5.74) is 5.11. The fourth-order valence-electron chi connectivity index (χ4n) is 4.50. The van der Waals surface area contributed by atoms with Crippen LogP contribution in [0, 0.1) is 11.3 Å². The Morgan fingerprint density at radius 3 is 2.48 bits per heavy atom. The maximum absolute atomic E-state index is 10.1. The van der Waals surface area contributed by atoms with Gasteiger partial charge >= 0.3 is 0 Å². The molecule has 2 nitrogen and oxygen atoms in total. The molecular formula is C24H30ClNO. The molecule has 1 unspecified atom stereocenters. The minimum absolute atomic E-state index is 0. The largest absolute Gasteiger partial charge is 0.508 e. The zero-order valence-corrected chi connectivity index (χ0v) is 17.3. The maximum atomic E-state index is 10.1. The summed E-state index contributed by atoms with van der Waals surface area (Å²) >= 11 is 0. The number of rotatable bonds is 4. The highest BCUT2D eigenvalue weighted by molar-refractivity contribution is 5.87. The van der Waals surface area contributed by atoms with Gasteiger partial charge in [0.2, 0.25) is 0 Å². The van der Waals surface area contributed by atoms with Crippen molar-refractivity contribution in [1.82, 2.24) is 4.90 Å². The third-order valence-electron chi connectivity index (χ3n) is 6.21. The highest BCUT2D eigenvalue weighted by Crippen LogP contribution is 2.48. The molecule has 3 heteroatoms. The number of halogens is 1. The Morgan fingerprint density at radius 2 is 1.81 bits per heavy atom. The molecule has 0 aromatic heterocycles. The van der Waals surface area contributed by atoms with Crippen LogP contribution in [-0.2, 0) is 6.42 Å². The van der Waals surface area contributed by atoms with Crippen molar-refractivity contribution in [3.63, 3.8) is 0 Å². The quantitative estimate of drug-likeness (QED) is 0.737. The van der Waals surface area contributed by atoms with Gasteiger partial charge in [-0.25, -0.2) is 0 Å². The zero-order chi connectivity index (χ0) is 18.3.